The van der Waals surface area contributed by atoms with Crippen molar-refractivity contribution < 1.29 is 23.5 Å². The molecule has 25 heavy (non-hydrogen) atoms. The van der Waals surface area contributed by atoms with Gasteiger partial charge in [0.25, 0.3) is 5.91 Å². The van der Waals surface area contributed by atoms with E-state index in [2.05, 4.69) is 0 Å². The van der Waals surface area contributed by atoms with Gasteiger partial charge in [0.2, 0.25) is 0 Å². The van der Waals surface area contributed by atoms with Crippen LogP contribution >= 0.6 is 0 Å². The highest BCUT2D eigenvalue weighted by molar-refractivity contribution is 5.87. The minimum Gasteiger partial charge on any atom is -0.464 e. The van der Waals surface area contributed by atoms with Gasteiger partial charge in [-0.3, -0.25) is 9.59 Å². The van der Waals surface area contributed by atoms with Gasteiger partial charge < -0.3 is 18.8 Å². The first kappa shape index (κ1) is 17.5. The third-order valence-electron chi connectivity index (χ3n) is 4.27. The highest BCUT2D eigenvalue weighted by Crippen LogP contribution is 2.23. The molecular formula is C19H23NO5. The SMILES string of the molecule is Cc1ccc2c(CC(=O)OCC(=O)N3C[C@@H](C)O[C@H](C)C3)coc2c1. The summed E-state index contributed by atoms with van der Waals surface area (Å²) in [7, 11) is 0. The van der Waals surface area contributed by atoms with E-state index in [0.29, 0.717) is 13.1 Å². The molecule has 1 aliphatic rings. The lowest BCUT2D eigenvalue weighted by Crippen LogP contribution is -2.49. The number of hydrogen-bond donors (Lipinski definition) is 0. The number of nitrogens with zero attached hydrogens (tertiary/aromatic N) is 1. The van der Waals surface area contributed by atoms with Gasteiger partial charge in [0, 0.05) is 24.0 Å². The number of hydrogen-bond acceptors (Lipinski definition) is 5. The van der Waals surface area contributed by atoms with E-state index < -0.39 is 5.97 Å². The Kier molecular flexibility index (Phi) is 5.08. The molecule has 0 N–H and O–H groups in total. The Morgan fingerprint density at radius 3 is 2.68 bits per heavy atom. The molecule has 0 spiro atoms. The van der Waals surface area contributed by atoms with Crippen molar-refractivity contribution in [1.82, 2.24) is 4.90 Å². The number of rotatable bonds is 4. The molecule has 1 aromatic heterocycles. The Morgan fingerprint density at radius 2 is 1.96 bits per heavy atom. The summed E-state index contributed by atoms with van der Waals surface area (Å²) >= 11 is 0. The zero-order valence-corrected chi connectivity index (χ0v) is 14.8. The molecule has 2 heterocycles. The highest BCUT2D eigenvalue weighted by Gasteiger charge is 2.26. The van der Waals surface area contributed by atoms with Gasteiger partial charge in [0.1, 0.15) is 5.58 Å². The quantitative estimate of drug-likeness (QED) is 0.796. The number of esters is 1. The molecule has 1 fully saturated rings. The molecule has 0 unspecified atom stereocenters. The third kappa shape index (κ3) is 4.20. The molecule has 0 saturated carbocycles. The number of ether oxygens (including phenoxy) is 2. The number of aryl methyl sites for hydroxylation is 1. The molecule has 2 aromatic rings. The lowest BCUT2D eigenvalue weighted by atomic mass is 10.1. The fourth-order valence-corrected chi connectivity index (χ4v) is 3.15. The van der Waals surface area contributed by atoms with Gasteiger partial charge in [-0.2, -0.15) is 0 Å². The van der Waals surface area contributed by atoms with Crippen LogP contribution in [0.25, 0.3) is 11.0 Å². The van der Waals surface area contributed by atoms with Crippen LogP contribution < -0.4 is 0 Å². The van der Waals surface area contributed by atoms with E-state index in [-0.39, 0.29) is 31.1 Å². The first-order chi connectivity index (χ1) is 11.9. The van der Waals surface area contributed by atoms with Crippen LogP contribution in [-0.2, 0) is 25.5 Å². The van der Waals surface area contributed by atoms with Crippen molar-refractivity contribution in [1.29, 1.82) is 0 Å². The standard InChI is InChI=1S/C19H23NO5/c1-12-4-5-16-15(10-23-17(16)6-12)7-19(22)24-11-18(21)20-8-13(2)25-14(3)9-20/h4-6,10,13-14H,7-9,11H2,1-3H3/t13-,14-/m1/s1. The zero-order chi connectivity index (χ0) is 18.0. The molecule has 3 rings (SSSR count). The molecule has 6 heteroatoms. The van der Waals surface area contributed by atoms with Crippen LogP contribution in [0.1, 0.15) is 25.0 Å². The molecule has 134 valence electrons. The van der Waals surface area contributed by atoms with Gasteiger partial charge >= 0.3 is 5.97 Å². The molecule has 1 aliphatic heterocycles. The molecule has 0 radical (unpaired) electrons. The Labute approximate surface area is 146 Å². The van der Waals surface area contributed by atoms with Crippen LogP contribution in [0.5, 0.6) is 0 Å². The summed E-state index contributed by atoms with van der Waals surface area (Å²) in [5.41, 5.74) is 2.60. The lowest BCUT2D eigenvalue weighted by Gasteiger charge is -2.35. The Hall–Kier alpha value is -2.34. The summed E-state index contributed by atoms with van der Waals surface area (Å²) in [6, 6.07) is 5.82. The van der Waals surface area contributed by atoms with Crippen LogP contribution in [-0.4, -0.2) is 48.7 Å². The predicted octanol–water partition coefficient (Wildman–Crippen LogP) is 2.46. The molecule has 1 aromatic carbocycles. The van der Waals surface area contributed by atoms with E-state index in [1.165, 1.54) is 0 Å². The van der Waals surface area contributed by atoms with Crippen LogP contribution in [0.15, 0.2) is 28.9 Å². The molecule has 0 aliphatic carbocycles. The van der Waals surface area contributed by atoms with Gasteiger partial charge in [-0.05, 0) is 32.4 Å². The number of morpholine rings is 1. The topological polar surface area (TPSA) is 69.0 Å². The fourth-order valence-electron chi connectivity index (χ4n) is 3.15. The normalized spacial score (nSPS) is 20.7. The smallest absolute Gasteiger partial charge is 0.310 e. The van der Waals surface area contributed by atoms with E-state index in [4.69, 9.17) is 13.9 Å². The van der Waals surface area contributed by atoms with E-state index in [0.717, 1.165) is 22.1 Å². The molecule has 2 atom stereocenters. The lowest BCUT2D eigenvalue weighted by molar-refractivity contribution is -0.156. The van der Waals surface area contributed by atoms with E-state index in [1.807, 2.05) is 39.0 Å². The third-order valence-corrected chi connectivity index (χ3v) is 4.27. The first-order valence-corrected chi connectivity index (χ1v) is 8.48. The summed E-state index contributed by atoms with van der Waals surface area (Å²) in [6.07, 6.45) is 1.63. The summed E-state index contributed by atoms with van der Waals surface area (Å²) < 4.78 is 16.2. The summed E-state index contributed by atoms with van der Waals surface area (Å²) in [4.78, 5) is 26.0. The number of amides is 1. The second-order valence-electron chi connectivity index (χ2n) is 6.65. The second-order valence-corrected chi connectivity index (χ2v) is 6.65. The molecule has 1 amide bonds. The maximum absolute atomic E-state index is 12.2. The summed E-state index contributed by atoms with van der Waals surface area (Å²) in [6.45, 7) is 6.63. The molecule has 1 saturated heterocycles. The number of carbonyl (C=O) groups excluding carboxylic acids is 2. The van der Waals surface area contributed by atoms with Crippen molar-refractivity contribution in [3.63, 3.8) is 0 Å². The van der Waals surface area contributed by atoms with Gasteiger partial charge in [-0.15, -0.1) is 0 Å². The predicted molar refractivity (Wildman–Crippen MR) is 92.2 cm³/mol. The van der Waals surface area contributed by atoms with Crippen LogP contribution in [0, 0.1) is 6.92 Å². The Morgan fingerprint density at radius 1 is 1.24 bits per heavy atom. The largest absolute Gasteiger partial charge is 0.464 e. The van der Waals surface area contributed by atoms with Crippen LogP contribution in [0.2, 0.25) is 0 Å². The van der Waals surface area contributed by atoms with Crippen molar-refractivity contribution in [2.45, 2.75) is 39.4 Å². The van der Waals surface area contributed by atoms with Gasteiger partial charge in [-0.1, -0.05) is 12.1 Å². The number of benzene rings is 1. The van der Waals surface area contributed by atoms with E-state index in [9.17, 15) is 9.59 Å². The van der Waals surface area contributed by atoms with E-state index in [1.54, 1.807) is 11.2 Å². The minimum absolute atomic E-state index is 0.0100. The number of fused-ring (bicyclic) bond motifs is 1. The highest BCUT2D eigenvalue weighted by atomic mass is 16.5. The average Bonchev–Trinajstić information content (AvgIpc) is 2.93. The monoisotopic (exact) mass is 345 g/mol. The number of furan rings is 1. The summed E-state index contributed by atoms with van der Waals surface area (Å²) in [5.74, 6) is -0.631. The second kappa shape index (κ2) is 7.27. The van der Waals surface area contributed by atoms with Crippen molar-refractivity contribution in [2.24, 2.45) is 0 Å². The van der Waals surface area contributed by atoms with Crippen molar-refractivity contribution >= 4 is 22.8 Å². The van der Waals surface area contributed by atoms with Gasteiger partial charge in [0.15, 0.2) is 6.61 Å². The van der Waals surface area contributed by atoms with Gasteiger partial charge in [0.05, 0.1) is 24.9 Å². The molecule has 0 bridgehead atoms. The first-order valence-electron chi connectivity index (χ1n) is 8.48. The van der Waals surface area contributed by atoms with Crippen LogP contribution in [0.3, 0.4) is 0 Å². The summed E-state index contributed by atoms with van der Waals surface area (Å²) in [5, 5.41) is 0.893. The Balaban J connectivity index is 1.54. The average molecular weight is 345 g/mol. The molecule has 6 nitrogen and oxygen atoms in total. The van der Waals surface area contributed by atoms with Crippen LogP contribution in [0.4, 0.5) is 0 Å². The maximum atomic E-state index is 12.2. The van der Waals surface area contributed by atoms with Crippen molar-refractivity contribution in [2.75, 3.05) is 19.7 Å². The minimum atomic E-state index is -0.439. The van der Waals surface area contributed by atoms with E-state index >= 15 is 0 Å². The zero-order valence-electron chi connectivity index (χ0n) is 14.8. The van der Waals surface area contributed by atoms with Crippen molar-refractivity contribution in [3.8, 4) is 0 Å². The molecular weight excluding hydrogens is 322 g/mol. The Bertz CT molecular complexity index is 771. The fraction of sp³-hybridized carbons (Fsp3) is 0.474. The maximum Gasteiger partial charge on any atom is 0.310 e. The van der Waals surface area contributed by atoms with Crippen molar-refractivity contribution in [3.05, 3.63) is 35.6 Å². The number of carbonyl (C=O) groups is 2. The van der Waals surface area contributed by atoms with Gasteiger partial charge in [-0.25, -0.2) is 0 Å².